The van der Waals surface area contributed by atoms with E-state index in [0.29, 0.717) is 44.2 Å². The Hall–Kier alpha value is -2.26. The number of carbonyl (C=O) groups is 1. The van der Waals surface area contributed by atoms with Gasteiger partial charge in [-0.1, -0.05) is 35.5 Å². The Morgan fingerprint density at radius 2 is 1.83 bits per heavy atom. The first kappa shape index (κ1) is 18.7. The Bertz CT molecular complexity index is 1010. The van der Waals surface area contributed by atoms with Crippen molar-refractivity contribution in [2.45, 2.75) is 29.9 Å². The zero-order valence-electron chi connectivity index (χ0n) is 16.0. The van der Waals surface area contributed by atoms with E-state index in [0.717, 1.165) is 5.56 Å². The molecule has 154 valence electrons. The minimum Gasteiger partial charge on any atom is -0.381 e. The highest BCUT2D eigenvalue weighted by Crippen LogP contribution is 2.50. The lowest BCUT2D eigenvalue weighted by molar-refractivity contribution is -0.144. The van der Waals surface area contributed by atoms with Crippen LogP contribution in [0.4, 0.5) is 0 Å². The van der Waals surface area contributed by atoms with Crippen molar-refractivity contribution in [1.29, 1.82) is 0 Å². The van der Waals surface area contributed by atoms with Crippen LogP contribution in [-0.2, 0) is 19.4 Å². The average molecular weight is 417 g/mol. The maximum Gasteiger partial charge on any atom is 0.231 e. The molecule has 3 fully saturated rings. The molecule has 0 N–H and O–H groups in total. The molecule has 1 spiro atoms. The van der Waals surface area contributed by atoms with Gasteiger partial charge in [-0.05, 0) is 19.3 Å². The van der Waals surface area contributed by atoms with Crippen LogP contribution in [-0.4, -0.2) is 66.2 Å². The van der Waals surface area contributed by atoms with Gasteiger partial charge in [0.15, 0.2) is 9.84 Å². The summed E-state index contributed by atoms with van der Waals surface area (Å²) in [5.74, 6) is 0.473. The van der Waals surface area contributed by atoms with Gasteiger partial charge in [0.1, 0.15) is 4.75 Å². The molecule has 1 atom stereocenters. The SMILES string of the molecule is O=C(C1CCOCC1)N1CC2(C1)C(c1nc(-c3ccccc3)no1)CCS2(=O)=O. The van der Waals surface area contributed by atoms with Gasteiger partial charge in [-0.2, -0.15) is 4.98 Å². The summed E-state index contributed by atoms with van der Waals surface area (Å²) >= 11 is 0. The van der Waals surface area contributed by atoms with Crippen molar-refractivity contribution in [3.8, 4) is 11.4 Å². The molecule has 3 aliphatic heterocycles. The van der Waals surface area contributed by atoms with Crippen LogP contribution >= 0.6 is 0 Å². The fraction of sp³-hybridized carbons (Fsp3) is 0.550. The molecule has 3 saturated heterocycles. The Labute approximate surface area is 169 Å². The van der Waals surface area contributed by atoms with Crippen molar-refractivity contribution in [1.82, 2.24) is 15.0 Å². The highest BCUT2D eigenvalue weighted by molar-refractivity contribution is 7.93. The molecule has 5 rings (SSSR count). The summed E-state index contributed by atoms with van der Waals surface area (Å²) in [6.07, 6.45) is 1.84. The number of amides is 1. The van der Waals surface area contributed by atoms with Gasteiger partial charge in [0, 0.05) is 37.8 Å². The molecule has 3 aliphatic rings. The number of ether oxygens (including phenoxy) is 1. The molecule has 1 aromatic heterocycles. The fourth-order valence-electron chi connectivity index (χ4n) is 4.76. The number of benzene rings is 1. The first-order valence-electron chi connectivity index (χ1n) is 9.98. The summed E-state index contributed by atoms with van der Waals surface area (Å²) in [6.45, 7) is 1.58. The molecule has 0 aliphatic carbocycles. The quantitative estimate of drug-likeness (QED) is 0.748. The number of rotatable bonds is 3. The summed E-state index contributed by atoms with van der Waals surface area (Å²) in [6, 6.07) is 9.44. The lowest BCUT2D eigenvalue weighted by atomic mass is 9.82. The highest BCUT2D eigenvalue weighted by Gasteiger charge is 2.64. The summed E-state index contributed by atoms with van der Waals surface area (Å²) in [5, 5.41) is 4.05. The Balaban J connectivity index is 1.38. The predicted octanol–water partition coefficient (Wildman–Crippen LogP) is 1.65. The van der Waals surface area contributed by atoms with E-state index >= 15 is 0 Å². The maximum atomic E-state index is 12.9. The standard InChI is InChI=1S/C20H23N3O5S/c24-19(15-6-9-27-10-7-15)23-12-20(13-23)16(8-11-29(20,25)26)18-21-17(22-28-18)14-4-2-1-3-5-14/h1-5,15-16H,6-13H2. The maximum absolute atomic E-state index is 12.9. The highest BCUT2D eigenvalue weighted by atomic mass is 32.2. The van der Waals surface area contributed by atoms with E-state index in [1.54, 1.807) is 4.90 Å². The summed E-state index contributed by atoms with van der Waals surface area (Å²) in [7, 11) is -3.35. The van der Waals surface area contributed by atoms with Crippen molar-refractivity contribution in [3.63, 3.8) is 0 Å². The third-order valence-corrected chi connectivity index (χ3v) is 9.06. The molecule has 2 aromatic rings. The molecule has 1 amide bonds. The minimum absolute atomic E-state index is 0.0373. The van der Waals surface area contributed by atoms with Crippen molar-refractivity contribution in [2.75, 3.05) is 32.1 Å². The van der Waals surface area contributed by atoms with Crippen LogP contribution in [0, 0.1) is 5.92 Å². The largest absolute Gasteiger partial charge is 0.381 e. The number of carbonyl (C=O) groups excluding carboxylic acids is 1. The minimum atomic E-state index is -3.35. The number of aromatic nitrogens is 2. The Kier molecular flexibility index (Phi) is 4.47. The molecular formula is C20H23N3O5S. The normalized spacial score (nSPS) is 25.8. The number of likely N-dealkylation sites (tertiary alicyclic amines) is 1. The van der Waals surface area contributed by atoms with E-state index in [1.807, 2.05) is 30.3 Å². The zero-order valence-corrected chi connectivity index (χ0v) is 16.8. The predicted molar refractivity (Wildman–Crippen MR) is 104 cm³/mol. The monoisotopic (exact) mass is 417 g/mol. The topological polar surface area (TPSA) is 103 Å². The second-order valence-corrected chi connectivity index (χ2v) is 10.6. The molecule has 8 nitrogen and oxygen atoms in total. The van der Waals surface area contributed by atoms with Crippen LogP contribution in [0.5, 0.6) is 0 Å². The van der Waals surface area contributed by atoms with Crippen LogP contribution in [0.25, 0.3) is 11.4 Å². The van der Waals surface area contributed by atoms with Gasteiger partial charge in [0.2, 0.25) is 17.6 Å². The zero-order chi connectivity index (χ0) is 20.1. The molecule has 0 saturated carbocycles. The van der Waals surface area contributed by atoms with Crippen LogP contribution in [0.15, 0.2) is 34.9 Å². The first-order chi connectivity index (χ1) is 14.0. The van der Waals surface area contributed by atoms with Gasteiger partial charge < -0.3 is 14.2 Å². The van der Waals surface area contributed by atoms with Crippen molar-refractivity contribution in [3.05, 3.63) is 36.2 Å². The average Bonchev–Trinajstić information content (AvgIpc) is 3.30. The number of nitrogens with zero attached hydrogens (tertiary/aromatic N) is 3. The van der Waals surface area contributed by atoms with E-state index in [2.05, 4.69) is 10.1 Å². The first-order valence-corrected chi connectivity index (χ1v) is 11.6. The molecule has 1 unspecified atom stereocenters. The van der Waals surface area contributed by atoms with Crippen LogP contribution in [0.3, 0.4) is 0 Å². The van der Waals surface area contributed by atoms with Gasteiger partial charge in [-0.3, -0.25) is 4.79 Å². The van der Waals surface area contributed by atoms with Crippen molar-refractivity contribution in [2.24, 2.45) is 5.92 Å². The molecule has 29 heavy (non-hydrogen) atoms. The Morgan fingerprint density at radius 1 is 1.10 bits per heavy atom. The van der Waals surface area contributed by atoms with Crippen LogP contribution < -0.4 is 0 Å². The summed E-state index contributed by atoms with van der Waals surface area (Å²) in [4.78, 5) is 19.0. The molecule has 4 heterocycles. The fourth-order valence-corrected chi connectivity index (χ4v) is 7.07. The lowest BCUT2D eigenvalue weighted by Crippen LogP contribution is -2.68. The lowest BCUT2D eigenvalue weighted by Gasteiger charge is -2.50. The van der Waals surface area contributed by atoms with Gasteiger partial charge in [0.05, 0.1) is 11.7 Å². The van der Waals surface area contributed by atoms with Crippen LogP contribution in [0.2, 0.25) is 0 Å². The van der Waals surface area contributed by atoms with E-state index in [4.69, 9.17) is 9.26 Å². The van der Waals surface area contributed by atoms with E-state index in [1.165, 1.54) is 0 Å². The molecule has 1 aromatic carbocycles. The van der Waals surface area contributed by atoms with E-state index < -0.39 is 14.6 Å². The number of sulfone groups is 1. The van der Waals surface area contributed by atoms with Gasteiger partial charge in [0.25, 0.3) is 0 Å². The number of hydrogen-bond acceptors (Lipinski definition) is 7. The van der Waals surface area contributed by atoms with Crippen molar-refractivity contribution < 1.29 is 22.5 Å². The van der Waals surface area contributed by atoms with Gasteiger partial charge in [-0.15, -0.1) is 0 Å². The summed E-state index contributed by atoms with van der Waals surface area (Å²) in [5.41, 5.74) is 0.822. The van der Waals surface area contributed by atoms with Crippen LogP contribution in [0.1, 0.15) is 31.1 Å². The van der Waals surface area contributed by atoms with Crippen molar-refractivity contribution >= 4 is 15.7 Å². The van der Waals surface area contributed by atoms with E-state index in [9.17, 15) is 13.2 Å². The smallest absolute Gasteiger partial charge is 0.231 e. The second-order valence-electron chi connectivity index (χ2n) is 8.13. The number of hydrogen-bond donors (Lipinski definition) is 0. The molecule has 9 heteroatoms. The Morgan fingerprint density at radius 3 is 2.55 bits per heavy atom. The third-order valence-electron chi connectivity index (χ3n) is 6.50. The van der Waals surface area contributed by atoms with E-state index in [-0.39, 0.29) is 36.6 Å². The molecular weight excluding hydrogens is 394 g/mol. The molecule has 0 bridgehead atoms. The third kappa shape index (κ3) is 2.98. The molecule has 0 radical (unpaired) electrons. The summed E-state index contributed by atoms with van der Waals surface area (Å²) < 4.78 is 35.7. The van der Waals surface area contributed by atoms with Gasteiger partial charge >= 0.3 is 0 Å². The second kappa shape index (κ2) is 6.91. The van der Waals surface area contributed by atoms with Gasteiger partial charge in [-0.25, -0.2) is 8.42 Å².